The Morgan fingerprint density at radius 3 is 2.88 bits per heavy atom. The van der Waals surface area contributed by atoms with Gasteiger partial charge >= 0.3 is 0 Å². The van der Waals surface area contributed by atoms with Crippen molar-refractivity contribution in [1.82, 2.24) is 4.98 Å². The molecule has 0 aliphatic heterocycles. The van der Waals surface area contributed by atoms with Crippen LogP contribution in [0.3, 0.4) is 0 Å². The summed E-state index contributed by atoms with van der Waals surface area (Å²) in [6.07, 6.45) is 7.54. The first-order valence-electron chi connectivity index (χ1n) is 6.15. The lowest BCUT2D eigenvalue weighted by Gasteiger charge is -2.35. The molecule has 1 heterocycles. The lowest BCUT2D eigenvalue weighted by molar-refractivity contribution is 0.00500. The van der Waals surface area contributed by atoms with Crippen molar-refractivity contribution in [2.45, 2.75) is 38.2 Å². The summed E-state index contributed by atoms with van der Waals surface area (Å²) in [7, 11) is 0. The maximum Gasteiger partial charge on any atom is 0.0819 e. The highest BCUT2D eigenvalue weighted by molar-refractivity contribution is 9.10. The van der Waals surface area contributed by atoms with Crippen LogP contribution in [0, 0.1) is 5.92 Å². The Bertz CT molecular complexity index is 375. The van der Waals surface area contributed by atoms with Crippen LogP contribution in [-0.2, 0) is 0 Å². The van der Waals surface area contributed by atoms with Crippen LogP contribution in [0.15, 0.2) is 22.9 Å². The van der Waals surface area contributed by atoms with Gasteiger partial charge in [-0.15, -0.1) is 0 Å². The van der Waals surface area contributed by atoms with Gasteiger partial charge in [-0.3, -0.25) is 4.98 Å². The van der Waals surface area contributed by atoms with Crippen LogP contribution in [0.5, 0.6) is 0 Å². The second kappa shape index (κ2) is 5.36. The quantitative estimate of drug-likeness (QED) is 0.901. The Morgan fingerprint density at radius 1 is 1.53 bits per heavy atom. The number of anilines is 1. The minimum absolute atomic E-state index is 0.546. The van der Waals surface area contributed by atoms with Crippen molar-refractivity contribution in [3.63, 3.8) is 0 Å². The molecule has 1 fully saturated rings. The molecule has 1 aromatic rings. The number of hydrogen-bond donors (Lipinski definition) is 2. The van der Waals surface area contributed by atoms with Crippen molar-refractivity contribution in [1.29, 1.82) is 0 Å². The van der Waals surface area contributed by atoms with E-state index in [1.54, 1.807) is 12.4 Å². The third-order valence-corrected chi connectivity index (χ3v) is 4.22. The van der Waals surface area contributed by atoms with Gasteiger partial charge in [0.2, 0.25) is 0 Å². The van der Waals surface area contributed by atoms with Gasteiger partial charge in [-0.1, -0.05) is 6.92 Å². The maximum absolute atomic E-state index is 10.4. The molecular weight excluding hydrogens is 280 g/mol. The number of pyridine rings is 1. The van der Waals surface area contributed by atoms with Crippen LogP contribution in [0.1, 0.15) is 32.6 Å². The molecule has 0 spiro atoms. The van der Waals surface area contributed by atoms with Crippen molar-refractivity contribution < 1.29 is 5.11 Å². The molecule has 0 amide bonds. The van der Waals surface area contributed by atoms with E-state index in [1.807, 2.05) is 6.07 Å². The maximum atomic E-state index is 10.4. The predicted octanol–water partition coefficient (Wildman–Crippen LogP) is 3.20. The second-order valence-corrected chi connectivity index (χ2v) is 5.97. The fourth-order valence-electron chi connectivity index (χ4n) is 2.25. The Kier molecular flexibility index (Phi) is 4.05. The minimum Gasteiger partial charge on any atom is -0.388 e. The number of hydrogen-bond acceptors (Lipinski definition) is 3. The summed E-state index contributed by atoms with van der Waals surface area (Å²) in [5, 5.41) is 13.7. The van der Waals surface area contributed by atoms with Gasteiger partial charge in [0.05, 0.1) is 15.8 Å². The molecule has 1 aliphatic rings. The molecule has 0 saturated heterocycles. The summed E-state index contributed by atoms with van der Waals surface area (Å²) >= 11 is 3.44. The van der Waals surface area contributed by atoms with Crippen molar-refractivity contribution in [3.8, 4) is 0 Å². The molecule has 17 heavy (non-hydrogen) atoms. The smallest absolute Gasteiger partial charge is 0.0819 e. The molecule has 4 heteroatoms. The standard InChI is InChI=1S/C13H19BrN2O/c1-10-2-5-13(17,6-3-10)9-16-12-4-7-15-8-11(12)14/h4,7-8,10,17H,2-3,5-6,9H2,1H3,(H,15,16). The molecule has 0 bridgehead atoms. The van der Waals surface area contributed by atoms with E-state index < -0.39 is 5.60 Å². The Labute approximate surface area is 111 Å². The van der Waals surface area contributed by atoms with Crippen LogP contribution in [0.2, 0.25) is 0 Å². The van der Waals surface area contributed by atoms with E-state index in [0.717, 1.165) is 41.8 Å². The third kappa shape index (κ3) is 3.42. The van der Waals surface area contributed by atoms with Gasteiger partial charge in [0.15, 0.2) is 0 Å². The first-order valence-corrected chi connectivity index (χ1v) is 6.94. The topological polar surface area (TPSA) is 45.1 Å². The molecule has 1 aliphatic carbocycles. The van der Waals surface area contributed by atoms with E-state index in [0.29, 0.717) is 6.54 Å². The SMILES string of the molecule is CC1CCC(O)(CNc2ccncc2Br)CC1. The molecule has 0 aromatic carbocycles. The van der Waals surface area contributed by atoms with E-state index in [2.05, 4.69) is 33.2 Å². The molecule has 0 unspecified atom stereocenters. The first kappa shape index (κ1) is 12.8. The van der Waals surface area contributed by atoms with Crippen LogP contribution in [-0.4, -0.2) is 22.2 Å². The summed E-state index contributed by atoms with van der Waals surface area (Å²) in [4.78, 5) is 4.02. The monoisotopic (exact) mass is 298 g/mol. The highest BCUT2D eigenvalue weighted by atomic mass is 79.9. The average Bonchev–Trinajstić information content (AvgIpc) is 2.33. The zero-order valence-corrected chi connectivity index (χ0v) is 11.7. The van der Waals surface area contributed by atoms with Crippen molar-refractivity contribution in [2.75, 3.05) is 11.9 Å². The molecule has 0 radical (unpaired) electrons. The van der Waals surface area contributed by atoms with E-state index in [1.165, 1.54) is 0 Å². The van der Waals surface area contributed by atoms with Crippen molar-refractivity contribution >= 4 is 21.6 Å². The number of nitrogens with one attached hydrogen (secondary N) is 1. The van der Waals surface area contributed by atoms with E-state index in [4.69, 9.17) is 0 Å². The molecule has 1 aromatic heterocycles. The van der Waals surface area contributed by atoms with Gasteiger partial charge in [0.25, 0.3) is 0 Å². The fraction of sp³-hybridized carbons (Fsp3) is 0.615. The normalized spacial score (nSPS) is 29.0. The largest absolute Gasteiger partial charge is 0.388 e. The number of aromatic nitrogens is 1. The molecule has 2 rings (SSSR count). The summed E-state index contributed by atoms with van der Waals surface area (Å²) < 4.78 is 0.938. The second-order valence-electron chi connectivity index (χ2n) is 5.12. The third-order valence-electron chi connectivity index (χ3n) is 3.59. The summed E-state index contributed by atoms with van der Waals surface area (Å²) in [5.74, 6) is 0.753. The Balaban J connectivity index is 1.92. The predicted molar refractivity (Wildman–Crippen MR) is 73.0 cm³/mol. The van der Waals surface area contributed by atoms with Crippen LogP contribution in [0.25, 0.3) is 0 Å². The Hall–Kier alpha value is -0.610. The average molecular weight is 299 g/mol. The number of aliphatic hydroxyl groups is 1. The van der Waals surface area contributed by atoms with Gasteiger partial charge in [-0.25, -0.2) is 0 Å². The van der Waals surface area contributed by atoms with E-state index >= 15 is 0 Å². The molecule has 1 saturated carbocycles. The van der Waals surface area contributed by atoms with E-state index in [-0.39, 0.29) is 0 Å². The molecule has 94 valence electrons. The fourth-order valence-corrected chi connectivity index (χ4v) is 2.65. The van der Waals surface area contributed by atoms with Gasteiger partial charge in [-0.05, 0) is 53.6 Å². The zero-order chi connectivity index (χ0) is 12.3. The highest BCUT2D eigenvalue weighted by Gasteiger charge is 2.31. The molecule has 3 nitrogen and oxygen atoms in total. The van der Waals surface area contributed by atoms with Gasteiger partial charge in [0, 0.05) is 18.9 Å². The molecular formula is C13H19BrN2O. The van der Waals surface area contributed by atoms with E-state index in [9.17, 15) is 5.11 Å². The Morgan fingerprint density at radius 2 is 2.24 bits per heavy atom. The lowest BCUT2D eigenvalue weighted by Crippen LogP contribution is -2.40. The van der Waals surface area contributed by atoms with Gasteiger partial charge in [0.1, 0.15) is 0 Å². The first-order chi connectivity index (χ1) is 8.09. The van der Waals surface area contributed by atoms with Crippen LogP contribution < -0.4 is 5.32 Å². The summed E-state index contributed by atoms with van der Waals surface area (Å²) in [6, 6.07) is 1.92. The number of rotatable bonds is 3. The van der Waals surface area contributed by atoms with Crippen molar-refractivity contribution in [3.05, 3.63) is 22.9 Å². The summed E-state index contributed by atoms with van der Waals surface area (Å²) in [5.41, 5.74) is 0.446. The number of halogens is 1. The highest BCUT2D eigenvalue weighted by Crippen LogP contribution is 2.32. The molecule has 0 atom stereocenters. The lowest BCUT2D eigenvalue weighted by atomic mass is 9.79. The molecule has 2 N–H and O–H groups in total. The van der Waals surface area contributed by atoms with Gasteiger partial charge < -0.3 is 10.4 Å². The zero-order valence-electron chi connectivity index (χ0n) is 10.1. The van der Waals surface area contributed by atoms with Gasteiger partial charge in [-0.2, -0.15) is 0 Å². The van der Waals surface area contributed by atoms with Crippen LogP contribution in [0.4, 0.5) is 5.69 Å². The summed E-state index contributed by atoms with van der Waals surface area (Å²) in [6.45, 7) is 2.87. The minimum atomic E-state index is -0.546. The van der Waals surface area contributed by atoms with Crippen LogP contribution >= 0.6 is 15.9 Å². The van der Waals surface area contributed by atoms with Crippen molar-refractivity contribution in [2.24, 2.45) is 5.92 Å². The number of nitrogens with zero attached hydrogens (tertiary/aromatic N) is 1.